The molecule has 1 aliphatic heterocycles. The van der Waals surface area contributed by atoms with Crippen molar-refractivity contribution in [3.05, 3.63) is 0 Å². The summed E-state index contributed by atoms with van der Waals surface area (Å²) in [7, 11) is -6.41. The fourth-order valence-electron chi connectivity index (χ4n) is 1.59. The first kappa shape index (κ1) is 12.9. The van der Waals surface area contributed by atoms with Crippen molar-refractivity contribution in [3.63, 3.8) is 0 Å². The van der Waals surface area contributed by atoms with Crippen LogP contribution < -0.4 is 10.5 Å². The second-order valence-electron chi connectivity index (χ2n) is 3.77. The largest absolute Gasteiger partial charge is 0.312 e. The predicted octanol–water partition coefficient (Wildman–Crippen LogP) is -1.56. The molecule has 8 heteroatoms. The molecule has 90 valence electrons. The van der Waals surface area contributed by atoms with Crippen molar-refractivity contribution >= 4 is 19.9 Å². The van der Waals surface area contributed by atoms with Gasteiger partial charge in [-0.3, -0.25) is 0 Å². The Balaban J connectivity index is 2.34. The van der Waals surface area contributed by atoms with Gasteiger partial charge in [-0.15, -0.1) is 0 Å². The van der Waals surface area contributed by atoms with Crippen molar-refractivity contribution in [1.29, 1.82) is 0 Å². The van der Waals surface area contributed by atoms with E-state index in [1.165, 1.54) is 0 Å². The van der Waals surface area contributed by atoms with Crippen molar-refractivity contribution in [2.24, 2.45) is 5.14 Å². The van der Waals surface area contributed by atoms with Gasteiger partial charge in [0.2, 0.25) is 10.0 Å². The van der Waals surface area contributed by atoms with Crippen LogP contribution in [0.3, 0.4) is 0 Å². The summed E-state index contributed by atoms with van der Waals surface area (Å²) < 4.78 is 43.7. The lowest BCUT2D eigenvalue weighted by Gasteiger charge is -2.22. The number of nitrogens with two attached hydrogens (primary N) is 1. The monoisotopic (exact) mass is 256 g/mol. The summed E-state index contributed by atoms with van der Waals surface area (Å²) in [6.07, 6.45) is 1.40. The number of sulfone groups is 1. The van der Waals surface area contributed by atoms with E-state index in [0.29, 0.717) is 6.42 Å². The van der Waals surface area contributed by atoms with Crippen LogP contribution in [0.4, 0.5) is 0 Å². The van der Waals surface area contributed by atoms with Crippen LogP contribution in [0, 0.1) is 0 Å². The smallest absolute Gasteiger partial charge is 0.210 e. The first-order valence-electron chi connectivity index (χ1n) is 4.73. The van der Waals surface area contributed by atoms with Gasteiger partial charge in [0, 0.05) is 12.6 Å². The Labute approximate surface area is 90.2 Å². The van der Waals surface area contributed by atoms with E-state index in [2.05, 4.69) is 5.32 Å². The van der Waals surface area contributed by atoms with Gasteiger partial charge >= 0.3 is 0 Å². The molecule has 1 unspecified atom stereocenters. The zero-order valence-electron chi connectivity index (χ0n) is 8.35. The van der Waals surface area contributed by atoms with Crippen molar-refractivity contribution in [2.75, 3.05) is 23.8 Å². The lowest BCUT2D eigenvalue weighted by Crippen LogP contribution is -2.42. The second kappa shape index (κ2) is 4.77. The molecule has 3 N–H and O–H groups in total. The molecule has 1 aliphatic rings. The molecule has 0 bridgehead atoms. The Morgan fingerprint density at radius 2 is 2.07 bits per heavy atom. The fourth-order valence-corrected chi connectivity index (χ4v) is 3.66. The zero-order chi connectivity index (χ0) is 11.5. The topological polar surface area (TPSA) is 106 Å². The average molecular weight is 256 g/mol. The predicted molar refractivity (Wildman–Crippen MR) is 57.7 cm³/mol. The van der Waals surface area contributed by atoms with Crippen LogP contribution in [-0.2, 0) is 19.9 Å². The number of nitrogens with one attached hydrogen (secondary N) is 1. The summed E-state index contributed by atoms with van der Waals surface area (Å²) >= 11 is 0. The quantitative estimate of drug-likeness (QED) is 0.633. The van der Waals surface area contributed by atoms with E-state index in [1.54, 1.807) is 0 Å². The summed E-state index contributed by atoms with van der Waals surface area (Å²) in [6.45, 7) is 0.207. The number of sulfonamides is 1. The first-order chi connectivity index (χ1) is 6.79. The van der Waals surface area contributed by atoms with Gasteiger partial charge in [0.05, 0.1) is 17.3 Å². The minimum Gasteiger partial charge on any atom is -0.312 e. The molecule has 0 spiro atoms. The SMILES string of the molecule is NS(=O)(=O)CCNC1CCCS(=O)(=O)C1. The standard InChI is InChI=1S/C7H16N2O4S2/c8-15(12,13)5-3-9-7-2-1-4-14(10,11)6-7/h7,9H,1-6H2,(H2,8,12,13). The van der Waals surface area contributed by atoms with Crippen LogP contribution in [0.25, 0.3) is 0 Å². The van der Waals surface area contributed by atoms with E-state index in [-0.39, 0.29) is 29.8 Å². The normalized spacial score (nSPS) is 26.3. The third-order valence-corrected chi connectivity index (χ3v) is 4.88. The van der Waals surface area contributed by atoms with E-state index < -0.39 is 19.9 Å². The lowest BCUT2D eigenvalue weighted by atomic mass is 10.2. The van der Waals surface area contributed by atoms with Crippen LogP contribution in [0.1, 0.15) is 12.8 Å². The highest BCUT2D eigenvalue weighted by molar-refractivity contribution is 7.91. The molecule has 0 aromatic carbocycles. The summed E-state index contributed by atoms with van der Waals surface area (Å²) in [4.78, 5) is 0. The first-order valence-corrected chi connectivity index (χ1v) is 8.26. The molecule has 1 rings (SSSR count). The van der Waals surface area contributed by atoms with Gasteiger partial charge in [-0.2, -0.15) is 0 Å². The van der Waals surface area contributed by atoms with E-state index >= 15 is 0 Å². The van der Waals surface area contributed by atoms with Crippen molar-refractivity contribution in [1.82, 2.24) is 5.32 Å². The molecule has 1 heterocycles. The number of hydrogen-bond donors (Lipinski definition) is 2. The molecular formula is C7H16N2O4S2. The van der Waals surface area contributed by atoms with Gasteiger partial charge in [-0.1, -0.05) is 0 Å². The molecule has 1 atom stereocenters. The summed E-state index contributed by atoms with van der Waals surface area (Å²) in [6, 6.07) is -0.134. The van der Waals surface area contributed by atoms with Crippen LogP contribution in [0.15, 0.2) is 0 Å². The molecule has 1 fully saturated rings. The van der Waals surface area contributed by atoms with Crippen LogP contribution >= 0.6 is 0 Å². The van der Waals surface area contributed by atoms with Crippen LogP contribution in [0.5, 0.6) is 0 Å². The summed E-state index contributed by atoms with van der Waals surface area (Å²) in [5.41, 5.74) is 0. The lowest BCUT2D eigenvalue weighted by molar-refractivity contribution is 0.490. The Morgan fingerprint density at radius 3 is 2.60 bits per heavy atom. The average Bonchev–Trinajstić information content (AvgIpc) is 1.99. The molecule has 0 aromatic rings. The van der Waals surface area contributed by atoms with Gasteiger partial charge in [0.1, 0.15) is 0 Å². The van der Waals surface area contributed by atoms with E-state index in [4.69, 9.17) is 5.14 Å². The zero-order valence-corrected chi connectivity index (χ0v) is 9.98. The Hall–Kier alpha value is -0.180. The maximum absolute atomic E-state index is 11.2. The third-order valence-electron chi connectivity index (χ3n) is 2.28. The Kier molecular flexibility index (Phi) is 4.10. The minimum atomic E-state index is -3.47. The molecule has 1 saturated heterocycles. The summed E-state index contributed by atoms with van der Waals surface area (Å²) in [5.74, 6) is 0.168. The maximum atomic E-state index is 11.2. The maximum Gasteiger partial charge on any atom is 0.210 e. The third kappa shape index (κ3) is 5.45. The molecule has 15 heavy (non-hydrogen) atoms. The van der Waals surface area contributed by atoms with E-state index in [9.17, 15) is 16.8 Å². The molecule has 0 radical (unpaired) electrons. The highest BCUT2D eigenvalue weighted by atomic mass is 32.2. The summed E-state index contributed by atoms with van der Waals surface area (Å²) in [5, 5.41) is 7.71. The highest BCUT2D eigenvalue weighted by Crippen LogP contribution is 2.11. The fraction of sp³-hybridized carbons (Fsp3) is 1.00. The van der Waals surface area contributed by atoms with Crippen LogP contribution in [-0.4, -0.2) is 46.7 Å². The van der Waals surface area contributed by atoms with Gasteiger partial charge in [0.25, 0.3) is 0 Å². The minimum absolute atomic E-state index is 0.0949. The van der Waals surface area contributed by atoms with Gasteiger partial charge in [-0.05, 0) is 12.8 Å². The van der Waals surface area contributed by atoms with Crippen molar-refractivity contribution in [2.45, 2.75) is 18.9 Å². The Morgan fingerprint density at radius 1 is 1.40 bits per heavy atom. The van der Waals surface area contributed by atoms with E-state index in [1.807, 2.05) is 0 Å². The molecule has 0 aromatic heterocycles. The molecule has 0 aliphatic carbocycles. The highest BCUT2D eigenvalue weighted by Gasteiger charge is 2.24. The van der Waals surface area contributed by atoms with Gasteiger partial charge < -0.3 is 5.32 Å². The number of rotatable bonds is 4. The second-order valence-corrected chi connectivity index (χ2v) is 7.74. The molecular weight excluding hydrogens is 240 g/mol. The van der Waals surface area contributed by atoms with Crippen molar-refractivity contribution in [3.8, 4) is 0 Å². The number of primary sulfonamides is 1. The molecule has 6 nitrogen and oxygen atoms in total. The van der Waals surface area contributed by atoms with Crippen molar-refractivity contribution < 1.29 is 16.8 Å². The van der Waals surface area contributed by atoms with E-state index in [0.717, 1.165) is 6.42 Å². The van der Waals surface area contributed by atoms with Crippen LogP contribution in [0.2, 0.25) is 0 Å². The number of hydrogen-bond acceptors (Lipinski definition) is 5. The molecule has 0 saturated carbocycles. The Bertz CT molecular complexity index is 401. The van der Waals surface area contributed by atoms with Gasteiger partial charge in [-0.25, -0.2) is 22.0 Å². The van der Waals surface area contributed by atoms with Gasteiger partial charge in [0.15, 0.2) is 9.84 Å². The molecule has 0 amide bonds.